The maximum atomic E-state index is 13.9. The van der Waals surface area contributed by atoms with Crippen molar-refractivity contribution in [2.75, 3.05) is 31.2 Å². The number of urea groups is 1. The molecule has 0 aliphatic carbocycles. The number of hydrogen-bond acceptors (Lipinski definition) is 5. The number of hydrogen-bond donors (Lipinski definition) is 1. The van der Waals surface area contributed by atoms with Crippen LogP contribution >= 0.6 is 0 Å². The summed E-state index contributed by atoms with van der Waals surface area (Å²) in [6.45, 7) is 6.79. The number of nitrogens with zero attached hydrogens (tertiary/aromatic N) is 1. The third-order valence-corrected chi connectivity index (χ3v) is 6.70. The van der Waals surface area contributed by atoms with Crippen molar-refractivity contribution >= 4 is 21.8 Å². The Morgan fingerprint density at radius 2 is 1.97 bits per heavy atom. The highest BCUT2D eigenvalue weighted by molar-refractivity contribution is 7.91. The van der Waals surface area contributed by atoms with Crippen molar-refractivity contribution < 1.29 is 27.1 Å². The van der Waals surface area contributed by atoms with Crippen LogP contribution < -0.4 is 10.1 Å². The van der Waals surface area contributed by atoms with E-state index in [1.807, 2.05) is 13.8 Å². The first-order chi connectivity index (χ1) is 14.6. The summed E-state index contributed by atoms with van der Waals surface area (Å²) in [5, 5.41) is 2.24. The van der Waals surface area contributed by atoms with Crippen LogP contribution in [0.5, 0.6) is 5.75 Å². The quantitative estimate of drug-likeness (QED) is 0.518. The highest BCUT2D eigenvalue weighted by Crippen LogP contribution is 2.25. The van der Waals surface area contributed by atoms with E-state index in [9.17, 15) is 22.4 Å². The number of imide groups is 1. The summed E-state index contributed by atoms with van der Waals surface area (Å²) in [5.41, 5.74) is 0.713. The van der Waals surface area contributed by atoms with E-state index in [1.54, 1.807) is 31.2 Å². The SMILES string of the molecule is CC(C)COc1cc([C@@H](C)CS(=O)(=O)CC/C=C/CN2CCC(=O)NC2=O)ccc1F. The second-order valence-corrected chi connectivity index (χ2v) is 10.4. The first-order valence-electron chi connectivity index (χ1n) is 10.4. The van der Waals surface area contributed by atoms with Crippen LogP contribution in [0.3, 0.4) is 0 Å². The number of nitrogens with one attached hydrogen (secondary N) is 1. The molecular weight excluding hydrogens is 423 g/mol. The maximum Gasteiger partial charge on any atom is 0.324 e. The molecule has 0 aromatic heterocycles. The maximum absolute atomic E-state index is 13.9. The van der Waals surface area contributed by atoms with E-state index in [2.05, 4.69) is 5.32 Å². The molecule has 1 aliphatic rings. The monoisotopic (exact) mass is 454 g/mol. The van der Waals surface area contributed by atoms with Gasteiger partial charge in [0.25, 0.3) is 0 Å². The first kappa shape index (κ1) is 24.8. The van der Waals surface area contributed by atoms with Crippen LogP contribution in [-0.2, 0) is 14.6 Å². The molecule has 0 bridgehead atoms. The van der Waals surface area contributed by atoms with Gasteiger partial charge in [0.15, 0.2) is 21.4 Å². The van der Waals surface area contributed by atoms with Gasteiger partial charge in [0.1, 0.15) is 0 Å². The largest absolute Gasteiger partial charge is 0.490 e. The lowest BCUT2D eigenvalue weighted by atomic mass is 10.0. The Hall–Kier alpha value is -2.42. The molecule has 7 nitrogen and oxygen atoms in total. The minimum absolute atomic E-state index is 0.0174. The average molecular weight is 455 g/mol. The Morgan fingerprint density at radius 3 is 2.65 bits per heavy atom. The van der Waals surface area contributed by atoms with Gasteiger partial charge in [-0.1, -0.05) is 39.0 Å². The minimum atomic E-state index is -3.32. The van der Waals surface area contributed by atoms with Crippen LogP contribution in [0.4, 0.5) is 9.18 Å². The lowest BCUT2D eigenvalue weighted by Gasteiger charge is -2.25. The molecule has 1 heterocycles. The van der Waals surface area contributed by atoms with E-state index >= 15 is 0 Å². The third-order valence-electron chi connectivity index (χ3n) is 4.83. The second kappa shape index (κ2) is 11.3. The number of carbonyl (C=O) groups is 2. The van der Waals surface area contributed by atoms with Gasteiger partial charge in [-0.05, 0) is 36.0 Å². The smallest absolute Gasteiger partial charge is 0.324 e. The standard InChI is InChI=1S/C22H31FN2O5S/c1-16(2)14-30-20-13-18(7-8-19(20)23)17(3)15-31(28,29)12-6-4-5-10-25-11-9-21(26)24-22(25)27/h4-5,7-8,13,16-17H,6,9-12,14-15H2,1-3H3,(H,24,26,27)/b5-4+/t17-/m0/s1. The predicted molar refractivity (Wildman–Crippen MR) is 117 cm³/mol. The number of benzene rings is 1. The summed E-state index contributed by atoms with van der Waals surface area (Å²) in [4.78, 5) is 24.2. The van der Waals surface area contributed by atoms with E-state index in [0.717, 1.165) is 0 Å². The Kier molecular flexibility index (Phi) is 9.03. The van der Waals surface area contributed by atoms with Gasteiger partial charge in [0.2, 0.25) is 5.91 Å². The van der Waals surface area contributed by atoms with Gasteiger partial charge in [-0.3, -0.25) is 10.1 Å². The lowest BCUT2D eigenvalue weighted by molar-refractivity contribution is -0.121. The van der Waals surface area contributed by atoms with E-state index in [0.29, 0.717) is 31.7 Å². The van der Waals surface area contributed by atoms with E-state index in [4.69, 9.17) is 4.74 Å². The number of ether oxygens (including phenoxy) is 1. The van der Waals surface area contributed by atoms with Crippen LogP contribution in [0.25, 0.3) is 0 Å². The van der Waals surface area contributed by atoms with E-state index < -0.39 is 21.7 Å². The molecule has 172 valence electrons. The molecule has 2 rings (SSSR count). The number of amides is 3. The Bertz CT molecular complexity index is 914. The van der Waals surface area contributed by atoms with Crippen molar-refractivity contribution in [3.8, 4) is 5.75 Å². The van der Waals surface area contributed by atoms with Gasteiger partial charge in [0, 0.05) is 19.5 Å². The zero-order valence-electron chi connectivity index (χ0n) is 18.3. The topological polar surface area (TPSA) is 92.8 Å². The van der Waals surface area contributed by atoms with Crippen LogP contribution in [0.15, 0.2) is 30.4 Å². The first-order valence-corrected chi connectivity index (χ1v) is 12.3. The summed E-state index contributed by atoms with van der Waals surface area (Å²) in [6, 6.07) is 4.04. The number of sulfone groups is 1. The summed E-state index contributed by atoms with van der Waals surface area (Å²) in [6.07, 6.45) is 4.05. The van der Waals surface area contributed by atoms with Gasteiger partial charge >= 0.3 is 6.03 Å². The van der Waals surface area contributed by atoms with Crippen molar-refractivity contribution in [2.24, 2.45) is 5.92 Å². The van der Waals surface area contributed by atoms with Crippen molar-refractivity contribution in [1.82, 2.24) is 10.2 Å². The lowest BCUT2D eigenvalue weighted by Crippen LogP contribution is -2.49. The molecule has 0 saturated carbocycles. The van der Waals surface area contributed by atoms with E-state index in [1.165, 1.54) is 11.0 Å². The fourth-order valence-electron chi connectivity index (χ4n) is 3.09. The van der Waals surface area contributed by atoms with Crippen LogP contribution in [0, 0.1) is 11.7 Å². The minimum Gasteiger partial charge on any atom is -0.490 e. The third kappa shape index (κ3) is 8.32. The highest BCUT2D eigenvalue weighted by atomic mass is 32.2. The Morgan fingerprint density at radius 1 is 1.23 bits per heavy atom. The molecule has 1 fully saturated rings. The molecule has 1 aromatic rings. The number of halogens is 1. The molecule has 3 amide bonds. The summed E-state index contributed by atoms with van der Waals surface area (Å²) in [7, 11) is -3.32. The van der Waals surface area contributed by atoms with Crippen molar-refractivity contribution in [3.05, 3.63) is 41.7 Å². The van der Waals surface area contributed by atoms with E-state index in [-0.39, 0.29) is 41.4 Å². The zero-order valence-corrected chi connectivity index (χ0v) is 19.1. The fourth-order valence-corrected chi connectivity index (χ4v) is 4.71. The van der Waals surface area contributed by atoms with Crippen molar-refractivity contribution in [3.63, 3.8) is 0 Å². The van der Waals surface area contributed by atoms with Gasteiger partial charge < -0.3 is 9.64 Å². The Labute approximate surface area is 183 Å². The molecule has 31 heavy (non-hydrogen) atoms. The average Bonchev–Trinajstić information content (AvgIpc) is 2.68. The van der Waals surface area contributed by atoms with Gasteiger partial charge in [0.05, 0.1) is 18.1 Å². The number of rotatable bonds is 11. The number of allylic oxidation sites excluding steroid dienone is 1. The molecule has 1 atom stereocenters. The van der Waals surface area contributed by atoms with Gasteiger partial charge in [-0.2, -0.15) is 0 Å². The number of carbonyl (C=O) groups excluding carboxylic acids is 2. The van der Waals surface area contributed by atoms with Crippen LogP contribution in [0.2, 0.25) is 0 Å². The zero-order chi connectivity index (χ0) is 23.0. The molecule has 1 saturated heterocycles. The van der Waals surface area contributed by atoms with Gasteiger partial charge in [-0.15, -0.1) is 0 Å². The molecule has 1 aromatic carbocycles. The molecule has 0 radical (unpaired) electrons. The van der Waals surface area contributed by atoms with Crippen LogP contribution in [0.1, 0.15) is 45.1 Å². The molecule has 1 aliphatic heterocycles. The molecule has 0 spiro atoms. The normalized spacial score (nSPS) is 16.1. The second-order valence-electron chi connectivity index (χ2n) is 8.22. The molecule has 9 heteroatoms. The molecule has 1 N–H and O–H groups in total. The summed E-state index contributed by atoms with van der Waals surface area (Å²) < 4.78 is 44.4. The van der Waals surface area contributed by atoms with Crippen LogP contribution in [-0.4, -0.2) is 56.5 Å². The van der Waals surface area contributed by atoms with Crippen molar-refractivity contribution in [1.29, 1.82) is 0 Å². The van der Waals surface area contributed by atoms with Gasteiger partial charge in [-0.25, -0.2) is 17.6 Å². The van der Waals surface area contributed by atoms with Crippen molar-refractivity contribution in [2.45, 2.75) is 39.5 Å². The summed E-state index contributed by atoms with van der Waals surface area (Å²) in [5.74, 6) is -0.724. The fraction of sp³-hybridized carbons (Fsp3) is 0.545. The molecule has 0 unspecified atom stereocenters. The predicted octanol–water partition coefficient (Wildman–Crippen LogP) is 3.27. The Balaban J connectivity index is 1.84. The molecular formula is C22H31FN2O5S. The highest BCUT2D eigenvalue weighted by Gasteiger charge is 2.21. The summed E-state index contributed by atoms with van der Waals surface area (Å²) >= 11 is 0.